The van der Waals surface area contributed by atoms with Gasteiger partial charge >= 0.3 is 6.18 Å². The van der Waals surface area contributed by atoms with Crippen molar-refractivity contribution in [2.75, 3.05) is 7.05 Å². The maximum atomic E-state index is 13.7. The Morgan fingerprint density at radius 3 is 2.50 bits per heavy atom. The molecule has 0 aliphatic carbocycles. The number of aromatic nitrogens is 2. The number of likely N-dealkylation sites (N-methyl/N-ethyl adjacent to an activating group) is 1. The minimum Gasteiger partial charge on any atom is -0.311 e. The lowest BCUT2D eigenvalue weighted by molar-refractivity contribution is -0.141. The third-order valence-corrected chi connectivity index (χ3v) is 2.93. The fraction of sp³-hybridized carbons (Fsp3) is 0.308. The van der Waals surface area contributed by atoms with Gasteiger partial charge < -0.3 is 5.32 Å². The zero-order valence-corrected chi connectivity index (χ0v) is 10.7. The topological polar surface area (TPSA) is 29.9 Å². The monoisotopic (exact) mass is 287 g/mol. The summed E-state index contributed by atoms with van der Waals surface area (Å²) in [6.45, 7) is 0.105. The molecule has 0 saturated heterocycles. The molecule has 7 heteroatoms. The Labute approximate surface area is 113 Å². The van der Waals surface area contributed by atoms with Gasteiger partial charge in [0.1, 0.15) is 5.82 Å². The molecule has 0 aliphatic heterocycles. The standard InChI is InChI=1S/C13H13F4N3/c1-18-11(9-4-2-3-5-10(9)14)8-20-7-6-12(19-20)13(15,16)17/h2-7,11,18H,8H2,1H3. The summed E-state index contributed by atoms with van der Waals surface area (Å²) in [7, 11) is 1.62. The first-order chi connectivity index (χ1) is 9.41. The van der Waals surface area contributed by atoms with Crippen molar-refractivity contribution in [3.8, 4) is 0 Å². The van der Waals surface area contributed by atoms with Crippen molar-refractivity contribution in [1.29, 1.82) is 0 Å². The fourth-order valence-electron chi connectivity index (χ4n) is 1.90. The molecule has 0 bridgehead atoms. The quantitative estimate of drug-likeness (QED) is 0.876. The van der Waals surface area contributed by atoms with Gasteiger partial charge in [0.2, 0.25) is 0 Å². The van der Waals surface area contributed by atoms with Gasteiger partial charge in [-0.05, 0) is 19.2 Å². The summed E-state index contributed by atoms with van der Waals surface area (Å²) in [5, 5.41) is 6.33. The molecule has 0 amide bonds. The van der Waals surface area contributed by atoms with Gasteiger partial charge in [-0.3, -0.25) is 4.68 Å². The highest BCUT2D eigenvalue weighted by Crippen LogP contribution is 2.27. The van der Waals surface area contributed by atoms with Gasteiger partial charge in [0.25, 0.3) is 0 Å². The van der Waals surface area contributed by atoms with Crippen molar-refractivity contribution in [2.24, 2.45) is 0 Å². The van der Waals surface area contributed by atoms with Crippen molar-refractivity contribution >= 4 is 0 Å². The molecular weight excluding hydrogens is 274 g/mol. The molecule has 2 rings (SSSR count). The highest BCUT2D eigenvalue weighted by atomic mass is 19.4. The van der Waals surface area contributed by atoms with Crippen LogP contribution in [0.3, 0.4) is 0 Å². The lowest BCUT2D eigenvalue weighted by atomic mass is 10.1. The molecule has 1 N–H and O–H groups in total. The lowest BCUT2D eigenvalue weighted by Crippen LogP contribution is -2.23. The normalized spacial score (nSPS) is 13.4. The number of hydrogen-bond donors (Lipinski definition) is 1. The minimum absolute atomic E-state index is 0.105. The maximum Gasteiger partial charge on any atom is 0.435 e. The fourth-order valence-corrected chi connectivity index (χ4v) is 1.90. The van der Waals surface area contributed by atoms with Gasteiger partial charge in [0, 0.05) is 11.8 Å². The van der Waals surface area contributed by atoms with E-state index in [2.05, 4.69) is 10.4 Å². The Balaban J connectivity index is 2.19. The van der Waals surface area contributed by atoms with Gasteiger partial charge in [0.05, 0.1) is 12.6 Å². The molecule has 1 unspecified atom stereocenters. The molecule has 1 atom stereocenters. The molecule has 20 heavy (non-hydrogen) atoms. The molecule has 1 aromatic carbocycles. The zero-order chi connectivity index (χ0) is 14.8. The number of rotatable bonds is 4. The molecule has 3 nitrogen and oxygen atoms in total. The minimum atomic E-state index is -4.47. The molecule has 108 valence electrons. The van der Waals surface area contributed by atoms with Crippen molar-refractivity contribution in [1.82, 2.24) is 15.1 Å². The maximum absolute atomic E-state index is 13.7. The summed E-state index contributed by atoms with van der Waals surface area (Å²) in [5.74, 6) is -0.407. The molecule has 0 fully saturated rings. The van der Waals surface area contributed by atoms with E-state index in [4.69, 9.17) is 0 Å². The van der Waals surface area contributed by atoms with E-state index in [1.807, 2.05) is 0 Å². The van der Waals surface area contributed by atoms with Gasteiger partial charge in [-0.2, -0.15) is 18.3 Å². The highest BCUT2D eigenvalue weighted by molar-refractivity contribution is 5.21. The SMILES string of the molecule is CNC(Cn1ccc(C(F)(F)F)n1)c1ccccc1F. The summed E-state index contributed by atoms with van der Waals surface area (Å²) in [5.41, 5.74) is -0.569. The van der Waals surface area contributed by atoms with Crippen LogP contribution in [0.2, 0.25) is 0 Å². The van der Waals surface area contributed by atoms with E-state index < -0.39 is 23.7 Å². The van der Waals surface area contributed by atoms with E-state index in [0.717, 1.165) is 10.7 Å². The third kappa shape index (κ3) is 3.16. The Bertz CT molecular complexity index is 577. The number of benzene rings is 1. The largest absolute Gasteiger partial charge is 0.435 e. The number of alkyl halides is 3. The van der Waals surface area contributed by atoms with Crippen LogP contribution < -0.4 is 5.32 Å². The van der Waals surface area contributed by atoms with Crippen molar-refractivity contribution in [3.05, 3.63) is 53.6 Å². The van der Waals surface area contributed by atoms with Crippen LogP contribution in [-0.4, -0.2) is 16.8 Å². The second-order valence-corrected chi connectivity index (χ2v) is 4.28. The Hall–Kier alpha value is -1.89. The average molecular weight is 287 g/mol. The lowest BCUT2D eigenvalue weighted by Gasteiger charge is -2.17. The summed E-state index contributed by atoms with van der Waals surface area (Å²) < 4.78 is 52.2. The third-order valence-electron chi connectivity index (χ3n) is 2.93. The average Bonchev–Trinajstić information content (AvgIpc) is 2.85. The Kier molecular flexibility index (Phi) is 4.08. The molecule has 0 spiro atoms. The van der Waals surface area contributed by atoms with Gasteiger partial charge in [-0.15, -0.1) is 0 Å². The first-order valence-corrected chi connectivity index (χ1v) is 5.94. The number of hydrogen-bond acceptors (Lipinski definition) is 2. The van der Waals surface area contributed by atoms with Crippen LogP contribution in [0, 0.1) is 5.82 Å². The molecule has 2 aromatic rings. The highest BCUT2D eigenvalue weighted by Gasteiger charge is 2.33. The van der Waals surface area contributed by atoms with Gasteiger partial charge in [-0.25, -0.2) is 4.39 Å². The van der Waals surface area contributed by atoms with Crippen LogP contribution in [-0.2, 0) is 12.7 Å². The molecular formula is C13H13F4N3. The second-order valence-electron chi connectivity index (χ2n) is 4.28. The Morgan fingerprint density at radius 2 is 1.95 bits per heavy atom. The predicted octanol–water partition coefficient (Wildman–Crippen LogP) is 3.00. The van der Waals surface area contributed by atoms with Crippen molar-refractivity contribution in [3.63, 3.8) is 0 Å². The van der Waals surface area contributed by atoms with Crippen LogP contribution in [0.25, 0.3) is 0 Å². The van der Waals surface area contributed by atoms with Crippen LogP contribution in [0.4, 0.5) is 17.6 Å². The summed E-state index contributed by atoms with van der Waals surface area (Å²) >= 11 is 0. The molecule has 0 aliphatic rings. The van der Waals surface area contributed by atoms with Gasteiger partial charge in [0.15, 0.2) is 5.69 Å². The van der Waals surface area contributed by atoms with Gasteiger partial charge in [-0.1, -0.05) is 18.2 Å². The van der Waals surface area contributed by atoms with Crippen molar-refractivity contribution in [2.45, 2.75) is 18.8 Å². The number of nitrogens with zero attached hydrogens (tertiary/aromatic N) is 2. The van der Waals surface area contributed by atoms with Crippen LogP contribution in [0.1, 0.15) is 17.3 Å². The molecule has 0 saturated carbocycles. The van der Waals surface area contributed by atoms with Crippen molar-refractivity contribution < 1.29 is 17.6 Å². The summed E-state index contributed by atoms with van der Waals surface area (Å²) in [6, 6.07) is 6.56. The van der Waals surface area contributed by atoms with E-state index >= 15 is 0 Å². The molecule has 0 radical (unpaired) electrons. The number of nitrogens with one attached hydrogen (secondary N) is 1. The molecule has 1 heterocycles. The van der Waals surface area contributed by atoms with Crippen LogP contribution >= 0.6 is 0 Å². The predicted molar refractivity (Wildman–Crippen MR) is 65.4 cm³/mol. The first-order valence-electron chi connectivity index (χ1n) is 5.94. The number of halogens is 4. The van der Waals surface area contributed by atoms with E-state index in [9.17, 15) is 17.6 Å². The van der Waals surface area contributed by atoms with Crippen LogP contribution in [0.5, 0.6) is 0 Å². The summed E-state index contributed by atoms with van der Waals surface area (Å²) in [6.07, 6.45) is -3.24. The van der Waals surface area contributed by atoms with E-state index in [1.165, 1.54) is 12.3 Å². The first kappa shape index (κ1) is 14.5. The Morgan fingerprint density at radius 1 is 1.25 bits per heavy atom. The second kappa shape index (κ2) is 5.62. The van der Waals surface area contributed by atoms with Crippen LogP contribution in [0.15, 0.2) is 36.5 Å². The molecule has 1 aromatic heterocycles. The van der Waals surface area contributed by atoms with E-state index in [-0.39, 0.29) is 6.54 Å². The zero-order valence-electron chi connectivity index (χ0n) is 10.7. The smallest absolute Gasteiger partial charge is 0.311 e. The summed E-state index contributed by atoms with van der Waals surface area (Å²) in [4.78, 5) is 0. The van der Waals surface area contributed by atoms with E-state index in [0.29, 0.717) is 5.56 Å². The van der Waals surface area contributed by atoms with E-state index in [1.54, 1.807) is 25.2 Å².